The summed E-state index contributed by atoms with van der Waals surface area (Å²) in [7, 11) is 0. The first-order valence-corrected chi connectivity index (χ1v) is 11.1. The number of nitrogens with zero attached hydrogens (tertiary/aromatic N) is 5. The highest BCUT2D eigenvalue weighted by Gasteiger charge is 2.61. The largest absolute Gasteiger partial charge is 0.432 e. The number of anilines is 2. The maximum absolute atomic E-state index is 14.2. The number of halogens is 6. The van der Waals surface area contributed by atoms with Crippen LogP contribution in [0.3, 0.4) is 0 Å². The third-order valence-electron chi connectivity index (χ3n) is 6.53. The summed E-state index contributed by atoms with van der Waals surface area (Å²) in [5.41, 5.74) is -0.245. The molecule has 14 heteroatoms. The number of nitrogen functional groups attached to an aromatic ring is 1. The van der Waals surface area contributed by atoms with Gasteiger partial charge in [0.2, 0.25) is 0 Å². The molecule has 36 heavy (non-hydrogen) atoms. The van der Waals surface area contributed by atoms with Crippen LogP contribution in [0.5, 0.6) is 0 Å². The average molecular weight is 514 g/mol. The first-order chi connectivity index (χ1) is 16.9. The Balaban J connectivity index is 1.75. The number of rotatable bonds is 0. The Kier molecular flexibility index (Phi) is 5.61. The van der Waals surface area contributed by atoms with Gasteiger partial charge in [0.05, 0.1) is 11.4 Å². The van der Waals surface area contributed by atoms with Gasteiger partial charge in [0.1, 0.15) is 11.4 Å². The summed E-state index contributed by atoms with van der Waals surface area (Å²) < 4.78 is 89.5. The average Bonchev–Trinajstić information content (AvgIpc) is 3.47. The van der Waals surface area contributed by atoms with Crippen LogP contribution in [0.15, 0.2) is 28.8 Å². The smallest absolute Gasteiger partial charge is 0.415 e. The zero-order chi connectivity index (χ0) is 25.9. The highest BCUT2D eigenvalue weighted by Crippen LogP contribution is 2.45. The quantitative estimate of drug-likeness (QED) is 0.429. The Morgan fingerprint density at radius 1 is 1.08 bits per heavy atom. The van der Waals surface area contributed by atoms with Crippen LogP contribution in [0.2, 0.25) is 0 Å². The second-order valence-electron chi connectivity index (χ2n) is 8.85. The Hall–Kier alpha value is -3.42. The Bertz CT molecular complexity index is 1290. The monoisotopic (exact) mass is 514 g/mol. The van der Waals surface area contributed by atoms with E-state index in [1.807, 2.05) is 0 Å². The van der Waals surface area contributed by atoms with Gasteiger partial charge in [-0.15, -0.1) is 10.2 Å². The molecular weight excluding hydrogens is 494 g/mol. The molecular formula is C22H20F6N6O2. The highest BCUT2D eigenvalue weighted by molar-refractivity contribution is 5.71. The number of aryl methyl sites for hydroxylation is 1. The predicted molar refractivity (Wildman–Crippen MR) is 114 cm³/mol. The fourth-order valence-electron chi connectivity index (χ4n) is 4.74. The number of alkyl halides is 6. The van der Waals surface area contributed by atoms with Crippen molar-refractivity contribution >= 4 is 11.5 Å². The lowest BCUT2D eigenvalue weighted by Crippen LogP contribution is -2.44. The minimum Gasteiger partial charge on any atom is -0.415 e. The molecule has 2 atom stereocenters. The van der Waals surface area contributed by atoms with Gasteiger partial charge in [-0.2, -0.15) is 26.3 Å². The number of aliphatic hydroxyl groups is 1. The SMILES string of the molecule is Nc1cc(C(F)(F)F)c2nc1-c1nnc(o1)C(O)(C(F)(F)F)c1cc(ccn1)CCC[C@@H]1CCCN21. The van der Waals surface area contributed by atoms with Crippen LogP contribution < -0.4 is 10.6 Å². The van der Waals surface area contributed by atoms with Gasteiger partial charge in [-0.3, -0.25) is 4.98 Å². The summed E-state index contributed by atoms with van der Waals surface area (Å²) in [6, 6.07) is 3.01. The lowest BCUT2D eigenvalue weighted by Gasteiger charge is -2.29. The van der Waals surface area contributed by atoms with Crippen molar-refractivity contribution in [2.45, 2.75) is 56.1 Å². The molecule has 0 spiro atoms. The second-order valence-corrected chi connectivity index (χ2v) is 8.85. The lowest BCUT2D eigenvalue weighted by atomic mass is 9.95. The van der Waals surface area contributed by atoms with Crippen LogP contribution in [0.1, 0.15) is 48.4 Å². The zero-order valence-electron chi connectivity index (χ0n) is 18.6. The van der Waals surface area contributed by atoms with E-state index in [9.17, 15) is 31.4 Å². The molecule has 1 saturated heterocycles. The number of aromatic nitrogens is 4. The summed E-state index contributed by atoms with van der Waals surface area (Å²) in [5.74, 6) is -2.33. The predicted octanol–water partition coefficient (Wildman–Crippen LogP) is 4.23. The van der Waals surface area contributed by atoms with Crippen LogP contribution in [-0.4, -0.2) is 44.0 Å². The lowest BCUT2D eigenvalue weighted by molar-refractivity contribution is -0.257. The molecule has 6 bridgehead atoms. The number of fused-ring (bicyclic) bond motifs is 9. The van der Waals surface area contributed by atoms with E-state index >= 15 is 0 Å². The van der Waals surface area contributed by atoms with Crippen molar-refractivity contribution in [1.29, 1.82) is 0 Å². The molecule has 3 aromatic rings. The van der Waals surface area contributed by atoms with E-state index in [1.165, 1.54) is 6.07 Å². The van der Waals surface area contributed by atoms with E-state index in [0.29, 0.717) is 50.3 Å². The van der Waals surface area contributed by atoms with Gasteiger partial charge >= 0.3 is 12.4 Å². The van der Waals surface area contributed by atoms with Crippen molar-refractivity contribution in [1.82, 2.24) is 20.2 Å². The third-order valence-corrected chi connectivity index (χ3v) is 6.53. The molecule has 0 aliphatic carbocycles. The summed E-state index contributed by atoms with van der Waals surface area (Å²) in [6.07, 6.45) is -6.43. The van der Waals surface area contributed by atoms with Crippen molar-refractivity contribution < 1.29 is 35.9 Å². The van der Waals surface area contributed by atoms with E-state index in [0.717, 1.165) is 12.3 Å². The zero-order valence-corrected chi connectivity index (χ0v) is 18.6. The molecule has 0 saturated carbocycles. The molecule has 0 amide bonds. The van der Waals surface area contributed by atoms with Gasteiger partial charge in [-0.1, -0.05) is 0 Å². The minimum atomic E-state index is -5.32. The molecule has 0 radical (unpaired) electrons. The van der Waals surface area contributed by atoms with Gasteiger partial charge in [-0.05, 0) is 55.9 Å². The van der Waals surface area contributed by atoms with E-state index in [-0.39, 0.29) is 6.04 Å². The number of hydrogen-bond donors (Lipinski definition) is 2. The fourth-order valence-corrected chi connectivity index (χ4v) is 4.74. The Morgan fingerprint density at radius 2 is 1.83 bits per heavy atom. The third kappa shape index (κ3) is 3.92. The molecule has 8 nitrogen and oxygen atoms in total. The van der Waals surface area contributed by atoms with E-state index in [1.54, 1.807) is 4.90 Å². The molecule has 5 heterocycles. The molecule has 2 aliphatic heterocycles. The standard InChI is InChI=1S/C22H20F6N6O2/c23-21(24,25)13-10-14(29)16-18-32-33-19(36-18)20(35,22(26,27)28)15-9-11(6-7-30-15)3-1-4-12-5-2-8-34(12)17(13)31-16/h6-7,9-10,12,35H,1-5,8,29H2/t12-,20?/m1/s1. The molecule has 2 aliphatic rings. The number of pyridine rings is 2. The van der Waals surface area contributed by atoms with Crippen molar-refractivity contribution in [3.05, 3.63) is 47.1 Å². The van der Waals surface area contributed by atoms with Crippen molar-refractivity contribution in [3.63, 3.8) is 0 Å². The van der Waals surface area contributed by atoms with Crippen LogP contribution in [0.4, 0.5) is 37.8 Å². The van der Waals surface area contributed by atoms with Crippen molar-refractivity contribution in [2.75, 3.05) is 17.2 Å². The summed E-state index contributed by atoms with van der Waals surface area (Å²) >= 11 is 0. The van der Waals surface area contributed by atoms with Gasteiger partial charge in [0.15, 0.2) is 5.69 Å². The molecule has 1 unspecified atom stereocenters. The number of nitrogens with two attached hydrogens (primary N) is 1. The van der Waals surface area contributed by atoms with Crippen LogP contribution in [0, 0.1) is 0 Å². The van der Waals surface area contributed by atoms with Crippen LogP contribution >= 0.6 is 0 Å². The van der Waals surface area contributed by atoms with E-state index in [4.69, 9.17) is 10.2 Å². The van der Waals surface area contributed by atoms with Gasteiger partial charge in [-0.25, -0.2) is 4.98 Å². The van der Waals surface area contributed by atoms with Crippen LogP contribution in [0.25, 0.3) is 11.6 Å². The second kappa shape index (κ2) is 8.32. The summed E-state index contributed by atoms with van der Waals surface area (Å²) in [5, 5.41) is 17.7. The summed E-state index contributed by atoms with van der Waals surface area (Å²) in [4.78, 5) is 9.34. The van der Waals surface area contributed by atoms with E-state index in [2.05, 4.69) is 20.2 Å². The van der Waals surface area contributed by atoms with Gasteiger partial charge in [0.25, 0.3) is 17.4 Å². The maximum atomic E-state index is 14.2. The Morgan fingerprint density at radius 3 is 2.56 bits per heavy atom. The first kappa shape index (κ1) is 24.3. The van der Waals surface area contributed by atoms with Gasteiger partial charge < -0.3 is 20.2 Å². The Labute approximate surface area is 200 Å². The van der Waals surface area contributed by atoms with Gasteiger partial charge in [0, 0.05) is 18.8 Å². The molecule has 3 aromatic heterocycles. The summed E-state index contributed by atoms with van der Waals surface area (Å²) in [6.45, 7) is 0.312. The molecule has 0 aromatic carbocycles. The van der Waals surface area contributed by atoms with Crippen molar-refractivity contribution in [3.8, 4) is 11.6 Å². The van der Waals surface area contributed by atoms with Crippen LogP contribution in [-0.2, 0) is 18.2 Å². The molecule has 3 N–H and O–H groups in total. The first-order valence-electron chi connectivity index (χ1n) is 11.1. The highest BCUT2D eigenvalue weighted by atomic mass is 19.4. The molecule has 192 valence electrons. The molecule has 1 fully saturated rings. The van der Waals surface area contributed by atoms with E-state index < -0.39 is 58.2 Å². The fraction of sp³-hybridized carbons (Fsp3) is 0.455. The number of hydrogen-bond acceptors (Lipinski definition) is 8. The van der Waals surface area contributed by atoms with Crippen molar-refractivity contribution in [2.24, 2.45) is 0 Å². The normalized spacial score (nSPS) is 22.6. The minimum absolute atomic E-state index is 0.271. The topological polar surface area (TPSA) is 114 Å². The maximum Gasteiger partial charge on any atom is 0.432 e. The molecule has 5 rings (SSSR count).